The minimum Gasteiger partial charge on any atom is -0.481 e. The Morgan fingerprint density at radius 1 is 1.24 bits per heavy atom. The quantitative estimate of drug-likeness (QED) is 0.846. The summed E-state index contributed by atoms with van der Waals surface area (Å²) in [5, 5.41) is 11.7. The van der Waals surface area contributed by atoms with E-state index >= 15 is 0 Å². The molecule has 0 radical (unpaired) electrons. The van der Waals surface area contributed by atoms with E-state index in [1.165, 1.54) is 0 Å². The molecule has 0 saturated heterocycles. The van der Waals surface area contributed by atoms with Gasteiger partial charge >= 0.3 is 5.97 Å². The molecular weight excluding hydrogens is 268 g/mol. The van der Waals surface area contributed by atoms with E-state index in [4.69, 9.17) is 5.11 Å². The summed E-state index contributed by atoms with van der Waals surface area (Å²) in [5.41, 5.74) is 2.33. The van der Waals surface area contributed by atoms with Crippen LogP contribution in [0.1, 0.15) is 32.3 Å². The van der Waals surface area contributed by atoms with Gasteiger partial charge in [-0.05, 0) is 30.0 Å². The average molecular weight is 292 g/mol. The monoisotopic (exact) mass is 292 g/mol. The number of hydrogen-bond acceptors (Lipinski definition) is 3. The fourth-order valence-electron chi connectivity index (χ4n) is 2.28. The molecule has 21 heavy (non-hydrogen) atoms. The molecule has 0 aliphatic rings. The maximum atomic E-state index is 12.1. The number of rotatable bonds is 6. The Hall–Kier alpha value is -2.04. The molecule has 1 aromatic rings. The SMILES string of the molecule is Cc1ccc(NC(=O)CC(C)(C)CC(=O)O)cc1N(C)C. The Morgan fingerprint density at radius 2 is 1.86 bits per heavy atom. The molecule has 0 fully saturated rings. The van der Waals surface area contributed by atoms with Crippen LogP contribution < -0.4 is 10.2 Å². The summed E-state index contributed by atoms with van der Waals surface area (Å²) in [5.74, 6) is -1.06. The van der Waals surface area contributed by atoms with Crippen molar-refractivity contribution in [3.63, 3.8) is 0 Å². The third-order valence-corrected chi connectivity index (χ3v) is 3.24. The summed E-state index contributed by atoms with van der Waals surface area (Å²) in [6.07, 6.45) is 0.141. The van der Waals surface area contributed by atoms with E-state index in [0.29, 0.717) is 0 Å². The van der Waals surface area contributed by atoms with Gasteiger partial charge < -0.3 is 15.3 Å². The Morgan fingerprint density at radius 3 is 2.38 bits per heavy atom. The third kappa shape index (κ3) is 5.45. The number of amides is 1. The summed E-state index contributed by atoms with van der Waals surface area (Å²) >= 11 is 0. The van der Waals surface area contributed by atoms with Crippen LogP contribution in [-0.4, -0.2) is 31.1 Å². The maximum Gasteiger partial charge on any atom is 0.303 e. The van der Waals surface area contributed by atoms with E-state index in [-0.39, 0.29) is 18.7 Å². The number of carbonyl (C=O) groups is 2. The van der Waals surface area contributed by atoms with E-state index in [1.807, 2.05) is 44.1 Å². The molecule has 1 rings (SSSR count). The summed E-state index contributed by atoms with van der Waals surface area (Å²) in [4.78, 5) is 24.8. The standard InChI is InChI=1S/C16H24N2O3/c1-11-6-7-12(8-13(11)18(4)5)17-14(19)9-16(2,3)10-15(20)21/h6-8H,9-10H2,1-5H3,(H,17,19)(H,20,21). The Balaban J connectivity index is 2.75. The minimum absolute atomic E-state index is 0.0305. The Bertz CT molecular complexity index is 536. The van der Waals surface area contributed by atoms with Gasteiger partial charge in [0.2, 0.25) is 5.91 Å². The minimum atomic E-state index is -0.891. The van der Waals surface area contributed by atoms with Crippen LogP contribution in [0.4, 0.5) is 11.4 Å². The molecule has 2 N–H and O–H groups in total. The lowest BCUT2D eigenvalue weighted by Crippen LogP contribution is -2.25. The molecule has 0 unspecified atom stereocenters. The highest BCUT2D eigenvalue weighted by atomic mass is 16.4. The highest BCUT2D eigenvalue weighted by molar-refractivity contribution is 5.92. The van der Waals surface area contributed by atoms with Crippen molar-refractivity contribution in [3.8, 4) is 0 Å². The molecule has 0 bridgehead atoms. The second-order valence-electron chi connectivity index (χ2n) is 6.36. The van der Waals surface area contributed by atoms with Crippen LogP contribution in [0.15, 0.2) is 18.2 Å². The van der Waals surface area contributed by atoms with Gasteiger partial charge in [-0.2, -0.15) is 0 Å². The second kappa shape index (κ2) is 6.61. The Labute approximate surface area is 126 Å². The normalized spacial score (nSPS) is 11.1. The van der Waals surface area contributed by atoms with Crippen molar-refractivity contribution in [1.29, 1.82) is 0 Å². The molecule has 0 spiro atoms. The predicted octanol–water partition coefficient (Wildman–Crippen LogP) is 2.89. The number of carboxylic acids is 1. The van der Waals surface area contributed by atoms with Gasteiger partial charge in [0.05, 0.1) is 6.42 Å². The van der Waals surface area contributed by atoms with Crippen molar-refractivity contribution in [1.82, 2.24) is 0 Å². The van der Waals surface area contributed by atoms with E-state index in [1.54, 1.807) is 13.8 Å². The van der Waals surface area contributed by atoms with E-state index in [9.17, 15) is 9.59 Å². The fraction of sp³-hybridized carbons (Fsp3) is 0.500. The molecule has 0 heterocycles. The molecule has 0 atom stereocenters. The number of carbonyl (C=O) groups excluding carboxylic acids is 1. The third-order valence-electron chi connectivity index (χ3n) is 3.24. The zero-order valence-corrected chi connectivity index (χ0v) is 13.4. The molecular formula is C16H24N2O3. The van der Waals surface area contributed by atoms with Crippen LogP contribution in [0.3, 0.4) is 0 Å². The molecule has 1 aromatic carbocycles. The second-order valence-corrected chi connectivity index (χ2v) is 6.36. The van der Waals surface area contributed by atoms with E-state index < -0.39 is 11.4 Å². The van der Waals surface area contributed by atoms with Gasteiger partial charge in [-0.3, -0.25) is 9.59 Å². The summed E-state index contributed by atoms with van der Waals surface area (Å²) in [6.45, 7) is 5.57. The molecule has 0 saturated carbocycles. The molecule has 0 aliphatic carbocycles. The topological polar surface area (TPSA) is 69.6 Å². The molecule has 1 amide bonds. The predicted molar refractivity (Wildman–Crippen MR) is 84.8 cm³/mol. The summed E-state index contributed by atoms with van der Waals surface area (Å²) in [6, 6.07) is 5.72. The van der Waals surface area contributed by atoms with Gasteiger partial charge in [-0.25, -0.2) is 0 Å². The first-order chi connectivity index (χ1) is 9.60. The van der Waals surface area contributed by atoms with Crippen molar-refractivity contribution in [2.75, 3.05) is 24.3 Å². The molecule has 5 nitrogen and oxygen atoms in total. The number of anilines is 2. The lowest BCUT2D eigenvalue weighted by atomic mass is 9.85. The number of benzene rings is 1. The molecule has 5 heteroatoms. The Kier molecular flexibility index (Phi) is 5.35. The van der Waals surface area contributed by atoms with E-state index in [0.717, 1.165) is 16.9 Å². The first-order valence-electron chi connectivity index (χ1n) is 6.90. The molecule has 0 aliphatic heterocycles. The van der Waals surface area contributed by atoms with Gasteiger partial charge in [0.15, 0.2) is 0 Å². The van der Waals surface area contributed by atoms with Gasteiger partial charge in [-0.15, -0.1) is 0 Å². The summed E-state index contributed by atoms with van der Waals surface area (Å²) < 4.78 is 0. The van der Waals surface area contributed by atoms with Crippen molar-refractivity contribution in [3.05, 3.63) is 23.8 Å². The van der Waals surface area contributed by atoms with Crippen molar-refractivity contribution in [2.45, 2.75) is 33.6 Å². The van der Waals surface area contributed by atoms with Gasteiger partial charge in [0.25, 0.3) is 0 Å². The largest absolute Gasteiger partial charge is 0.481 e. The number of aryl methyl sites for hydroxylation is 1. The van der Waals surface area contributed by atoms with Crippen molar-refractivity contribution < 1.29 is 14.7 Å². The number of carboxylic acid groups (broad SMARTS) is 1. The zero-order valence-electron chi connectivity index (χ0n) is 13.4. The van der Waals surface area contributed by atoms with Crippen LogP contribution >= 0.6 is 0 Å². The van der Waals surface area contributed by atoms with Crippen LogP contribution in [0.25, 0.3) is 0 Å². The van der Waals surface area contributed by atoms with Gasteiger partial charge in [-0.1, -0.05) is 19.9 Å². The zero-order chi connectivity index (χ0) is 16.2. The lowest BCUT2D eigenvalue weighted by Gasteiger charge is -2.22. The smallest absolute Gasteiger partial charge is 0.303 e. The van der Waals surface area contributed by atoms with Crippen LogP contribution in [0.5, 0.6) is 0 Å². The van der Waals surface area contributed by atoms with Crippen LogP contribution in [-0.2, 0) is 9.59 Å². The number of nitrogens with zero attached hydrogens (tertiary/aromatic N) is 1. The van der Waals surface area contributed by atoms with E-state index in [2.05, 4.69) is 5.32 Å². The van der Waals surface area contributed by atoms with Gasteiger partial charge in [0.1, 0.15) is 0 Å². The first kappa shape index (κ1) is 17.0. The summed E-state index contributed by atoms with van der Waals surface area (Å²) in [7, 11) is 3.90. The number of hydrogen-bond donors (Lipinski definition) is 2. The molecule has 116 valence electrons. The maximum absolute atomic E-state index is 12.1. The molecule has 0 aromatic heterocycles. The fourth-order valence-corrected chi connectivity index (χ4v) is 2.28. The van der Waals surface area contributed by atoms with Crippen LogP contribution in [0, 0.1) is 12.3 Å². The average Bonchev–Trinajstić information content (AvgIpc) is 2.28. The van der Waals surface area contributed by atoms with Crippen LogP contribution in [0.2, 0.25) is 0 Å². The number of nitrogens with one attached hydrogen (secondary N) is 1. The van der Waals surface area contributed by atoms with Crippen molar-refractivity contribution in [2.24, 2.45) is 5.41 Å². The highest BCUT2D eigenvalue weighted by Gasteiger charge is 2.25. The van der Waals surface area contributed by atoms with Gasteiger partial charge in [0, 0.05) is 31.9 Å². The highest BCUT2D eigenvalue weighted by Crippen LogP contribution is 2.27. The lowest BCUT2D eigenvalue weighted by molar-refractivity contribution is -0.139. The first-order valence-corrected chi connectivity index (χ1v) is 6.90. The van der Waals surface area contributed by atoms with Crippen molar-refractivity contribution >= 4 is 23.3 Å². The number of aliphatic carboxylic acids is 1.